The number of pyridine rings is 1. The summed E-state index contributed by atoms with van der Waals surface area (Å²) in [5, 5.41) is 15.6. The highest BCUT2D eigenvalue weighted by molar-refractivity contribution is 6.03. The van der Waals surface area contributed by atoms with Crippen molar-refractivity contribution in [1.29, 1.82) is 0 Å². The van der Waals surface area contributed by atoms with E-state index >= 15 is 0 Å². The topological polar surface area (TPSA) is 121 Å². The number of rotatable bonds is 5. The van der Waals surface area contributed by atoms with Crippen LogP contribution in [-0.2, 0) is 4.74 Å². The summed E-state index contributed by atoms with van der Waals surface area (Å²) in [6, 6.07) is 2.87. The smallest absolute Gasteiger partial charge is 0.413 e. The standard InChI is InChI=1S/C23H36N4O5/c1-8-16(28)14-11-12-17(25-19(14)26-20(29)32-23(5,6)7)24-15-10-9-13-27(21(30)31)18(15)22(2,3)4/h11-12,15,18H,8-10,13H2,1-7H3,(H,30,31)(H2,24,25,26,29). The summed E-state index contributed by atoms with van der Waals surface area (Å²) in [5.41, 5.74) is -0.698. The Morgan fingerprint density at radius 3 is 2.38 bits per heavy atom. The van der Waals surface area contributed by atoms with Crippen LogP contribution < -0.4 is 10.6 Å². The van der Waals surface area contributed by atoms with Gasteiger partial charge in [-0.15, -0.1) is 0 Å². The molecule has 2 unspecified atom stereocenters. The van der Waals surface area contributed by atoms with E-state index < -0.39 is 17.8 Å². The number of ketones is 1. The number of aromatic nitrogens is 1. The first-order valence-electron chi connectivity index (χ1n) is 11.0. The maximum atomic E-state index is 12.4. The third-order valence-corrected chi connectivity index (χ3v) is 5.23. The zero-order valence-corrected chi connectivity index (χ0v) is 20.1. The maximum absolute atomic E-state index is 12.4. The Balaban J connectivity index is 2.35. The highest BCUT2D eigenvalue weighted by Crippen LogP contribution is 2.34. The molecular weight excluding hydrogens is 412 g/mol. The van der Waals surface area contributed by atoms with Crippen LogP contribution in [0.2, 0.25) is 0 Å². The summed E-state index contributed by atoms with van der Waals surface area (Å²) >= 11 is 0. The number of hydrogen-bond donors (Lipinski definition) is 3. The van der Waals surface area contributed by atoms with E-state index in [-0.39, 0.29) is 35.5 Å². The minimum Gasteiger partial charge on any atom is -0.465 e. The maximum Gasteiger partial charge on any atom is 0.413 e. The Bertz CT molecular complexity index is 857. The van der Waals surface area contributed by atoms with Crippen LogP contribution in [0.1, 0.15) is 78.1 Å². The fourth-order valence-electron chi connectivity index (χ4n) is 4.07. The fraction of sp³-hybridized carbons (Fsp3) is 0.652. The highest BCUT2D eigenvalue weighted by Gasteiger charge is 2.42. The molecule has 1 aromatic rings. The molecule has 1 aromatic heterocycles. The second kappa shape index (κ2) is 9.75. The highest BCUT2D eigenvalue weighted by atomic mass is 16.6. The van der Waals surface area contributed by atoms with Crippen LogP contribution >= 0.6 is 0 Å². The van der Waals surface area contributed by atoms with E-state index in [2.05, 4.69) is 15.6 Å². The lowest BCUT2D eigenvalue weighted by atomic mass is 9.77. The Hall–Kier alpha value is -2.84. The van der Waals surface area contributed by atoms with Gasteiger partial charge in [0.05, 0.1) is 11.6 Å². The van der Waals surface area contributed by atoms with Crippen LogP contribution in [0, 0.1) is 5.41 Å². The number of carboxylic acid groups (broad SMARTS) is 1. The van der Waals surface area contributed by atoms with Gasteiger partial charge >= 0.3 is 12.2 Å². The Morgan fingerprint density at radius 1 is 1.19 bits per heavy atom. The number of piperidine rings is 1. The second-order valence-electron chi connectivity index (χ2n) is 10.2. The molecule has 32 heavy (non-hydrogen) atoms. The number of nitrogens with zero attached hydrogens (tertiary/aromatic N) is 2. The summed E-state index contributed by atoms with van der Waals surface area (Å²) in [5.74, 6) is 0.418. The molecule has 0 saturated carbocycles. The number of likely N-dealkylation sites (tertiary alicyclic amines) is 1. The van der Waals surface area contributed by atoms with Gasteiger partial charge in [0.2, 0.25) is 0 Å². The predicted molar refractivity (Wildman–Crippen MR) is 123 cm³/mol. The largest absolute Gasteiger partial charge is 0.465 e. The lowest BCUT2D eigenvalue weighted by Crippen LogP contribution is -2.58. The first-order valence-corrected chi connectivity index (χ1v) is 11.0. The van der Waals surface area contributed by atoms with Gasteiger partial charge in [0.25, 0.3) is 0 Å². The Labute approximate surface area is 189 Å². The quantitative estimate of drug-likeness (QED) is 0.543. The number of nitrogens with one attached hydrogen (secondary N) is 2. The third-order valence-electron chi connectivity index (χ3n) is 5.23. The minimum absolute atomic E-state index is 0.120. The number of Topliss-reactive ketones (excluding diaryl/α,β-unsaturated/α-hetero) is 1. The predicted octanol–water partition coefficient (Wildman–Crippen LogP) is 4.99. The summed E-state index contributed by atoms with van der Waals surface area (Å²) in [7, 11) is 0. The molecule has 2 heterocycles. The van der Waals surface area contributed by atoms with Gasteiger partial charge in [0.1, 0.15) is 17.2 Å². The van der Waals surface area contributed by atoms with E-state index in [0.29, 0.717) is 17.9 Å². The SMILES string of the molecule is CCC(=O)c1ccc(NC2CCCN(C(=O)O)C2C(C)(C)C)nc1NC(=O)OC(C)(C)C. The minimum atomic E-state index is -0.944. The van der Waals surface area contributed by atoms with Crippen molar-refractivity contribution in [3.8, 4) is 0 Å². The molecule has 1 aliphatic heterocycles. The summed E-state index contributed by atoms with van der Waals surface area (Å²) in [4.78, 5) is 42.5. The van der Waals surface area contributed by atoms with E-state index in [1.807, 2.05) is 20.8 Å². The van der Waals surface area contributed by atoms with Crippen LogP contribution in [-0.4, -0.2) is 57.2 Å². The van der Waals surface area contributed by atoms with E-state index in [4.69, 9.17) is 4.74 Å². The molecule has 0 aliphatic carbocycles. The fourth-order valence-corrected chi connectivity index (χ4v) is 4.07. The Kier molecular flexibility index (Phi) is 7.74. The van der Waals surface area contributed by atoms with Crippen LogP contribution in [0.4, 0.5) is 21.2 Å². The number of carbonyl (C=O) groups is 3. The molecule has 0 spiro atoms. The van der Waals surface area contributed by atoms with Gasteiger partial charge in [0, 0.05) is 19.0 Å². The number of hydrogen-bond acceptors (Lipinski definition) is 6. The van der Waals surface area contributed by atoms with Crippen LogP contribution in [0.3, 0.4) is 0 Å². The van der Waals surface area contributed by atoms with Gasteiger partial charge in [-0.2, -0.15) is 0 Å². The number of amides is 2. The lowest BCUT2D eigenvalue weighted by Gasteiger charge is -2.47. The molecule has 0 radical (unpaired) electrons. The first kappa shape index (κ1) is 25.4. The van der Waals surface area contributed by atoms with Crippen molar-refractivity contribution in [3.63, 3.8) is 0 Å². The molecule has 0 aromatic carbocycles. The van der Waals surface area contributed by atoms with Crippen molar-refractivity contribution in [3.05, 3.63) is 17.7 Å². The van der Waals surface area contributed by atoms with Gasteiger partial charge in [-0.05, 0) is 51.2 Å². The van der Waals surface area contributed by atoms with Crippen LogP contribution in [0.15, 0.2) is 12.1 Å². The number of carbonyl (C=O) groups excluding carboxylic acids is 2. The van der Waals surface area contributed by atoms with Crippen molar-refractivity contribution in [2.24, 2.45) is 5.41 Å². The summed E-state index contributed by atoms with van der Waals surface area (Å²) in [6.07, 6.45) is 0.124. The molecular formula is C23H36N4O5. The molecule has 3 N–H and O–H groups in total. The molecule has 1 aliphatic rings. The zero-order valence-electron chi connectivity index (χ0n) is 20.1. The van der Waals surface area contributed by atoms with Crippen LogP contribution in [0.5, 0.6) is 0 Å². The van der Waals surface area contributed by atoms with E-state index in [0.717, 1.165) is 12.8 Å². The Morgan fingerprint density at radius 2 is 1.84 bits per heavy atom. The van der Waals surface area contributed by atoms with Gasteiger partial charge in [-0.3, -0.25) is 10.1 Å². The van der Waals surface area contributed by atoms with Crippen molar-refractivity contribution in [2.75, 3.05) is 17.2 Å². The first-order chi connectivity index (χ1) is 14.7. The van der Waals surface area contributed by atoms with Gasteiger partial charge < -0.3 is 20.1 Å². The van der Waals surface area contributed by atoms with Crippen molar-refractivity contribution < 1.29 is 24.2 Å². The molecule has 1 fully saturated rings. The number of ether oxygens (including phenoxy) is 1. The van der Waals surface area contributed by atoms with E-state index in [1.165, 1.54) is 4.90 Å². The average molecular weight is 449 g/mol. The van der Waals surface area contributed by atoms with Crippen molar-refractivity contribution in [1.82, 2.24) is 9.88 Å². The van der Waals surface area contributed by atoms with Gasteiger partial charge in [-0.25, -0.2) is 14.6 Å². The average Bonchev–Trinajstić information content (AvgIpc) is 2.65. The molecule has 178 valence electrons. The summed E-state index contributed by atoms with van der Waals surface area (Å²) < 4.78 is 5.31. The number of anilines is 2. The van der Waals surface area contributed by atoms with Crippen molar-refractivity contribution in [2.45, 2.75) is 85.4 Å². The van der Waals surface area contributed by atoms with Crippen molar-refractivity contribution >= 4 is 29.6 Å². The molecule has 2 amide bonds. The van der Waals surface area contributed by atoms with Gasteiger partial charge in [-0.1, -0.05) is 27.7 Å². The molecule has 9 heteroatoms. The molecule has 0 bridgehead atoms. The summed E-state index contributed by atoms with van der Waals surface area (Å²) in [6.45, 7) is 13.5. The van der Waals surface area contributed by atoms with Gasteiger partial charge in [0.15, 0.2) is 5.78 Å². The van der Waals surface area contributed by atoms with E-state index in [9.17, 15) is 19.5 Å². The second-order valence-corrected chi connectivity index (χ2v) is 10.2. The monoisotopic (exact) mass is 448 g/mol. The lowest BCUT2D eigenvalue weighted by molar-refractivity contribution is 0.0518. The zero-order chi connectivity index (χ0) is 24.3. The molecule has 1 saturated heterocycles. The molecule has 9 nitrogen and oxygen atoms in total. The molecule has 2 atom stereocenters. The van der Waals surface area contributed by atoms with Crippen LogP contribution in [0.25, 0.3) is 0 Å². The molecule has 2 rings (SSSR count). The normalized spacial score (nSPS) is 19.3. The van der Waals surface area contributed by atoms with E-state index in [1.54, 1.807) is 39.8 Å². The third kappa shape index (κ3) is 6.58.